The Hall–Kier alpha value is -3.86. The van der Waals surface area contributed by atoms with Crippen molar-refractivity contribution in [2.24, 2.45) is 0 Å². The molecule has 0 saturated heterocycles. The Bertz CT molecular complexity index is 1090. The van der Waals surface area contributed by atoms with E-state index < -0.39 is 6.09 Å². The first-order chi connectivity index (χ1) is 15.2. The number of phenols is 1. The van der Waals surface area contributed by atoms with Gasteiger partial charge in [-0.15, -0.1) is 0 Å². The summed E-state index contributed by atoms with van der Waals surface area (Å²) in [4.78, 5) is 23.3. The molecular formula is C26H23NO4. The van der Waals surface area contributed by atoms with Crippen molar-refractivity contribution in [3.05, 3.63) is 95.1 Å². The number of hydrogen-bond acceptors (Lipinski definition) is 4. The third kappa shape index (κ3) is 4.36. The minimum absolute atomic E-state index is 0.0329. The Morgan fingerprint density at radius 1 is 0.968 bits per heavy atom. The molecule has 5 heteroatoms. The number of rotatable bonds is 7. The summed E-state index contributed by atoms with van der Waals surface area (Å²) in [5.74, 6) is -0.0144. The highest BCUT2D eigenvalue weighted by molar-refractivity contribution is 5.85. The van der Waals surface area contributed by atoms with E-state index in [1.165, 1.54) is 28.3 Å². The highest BCUT2D eigenvalue weighted by Gasteiger charge is 2.28. The van der Waals surface area contributed by atoms with Crippen molar-refractivity contribution in [3.8, 4) is 16.9 Å². The largest absolute Gasteiger partial charge is 0.507 e. The molecule has 1 aliphatic rings. The molecule has 4 rings (SSSR count). The standard InChI is InChI=1S/C26H23NO4/c28-16-23-18(9-7-14-25(23)29)8-5-6-15-27-26(30)31-17-24-21-12-3-1-10-19(21)20-11-2-4-13-22(20)24/h1-5,7-14,16,24,29H,6,15,17H2,(H,27,30). The zero-order chi connectivity index (χ0) is 21.6. The Kier molecular flexibility index (Phi) is 6.13. The van der Waals surface area contributed by atoms with Crippen LogP contribution in [0.15, 0.2) is 72.8 Å². The van der Waals surface area contributed by atoms with E-state index in [0.717, 1.165) is 0 Å². The maximum atomic E-state index is 12.2. The number of aldehydes is 1. The molecule has 0 unspecified atom stereocenters. The van der Waals surface area contributed by atoms with Crippen molar-refractivity contribution in [3.63, 3.8) is 0 Å². The SMILES string of the molecule is O=Cc1c(O)cccc1C=CCCNC(=O)OCC1c2ccccc2-c2ccccc21. The van der Waals surface area contributed by atoms with Crippen LogP contribution in [0.2, 0.25) is 0 Å². The van der Waals surface area contributed by atoms with Gasteiger partial charge in [-0.1, -0.05) is 72.8 Å². The molecular weight excluding hydrogens is 390 g/mol. The van der Waals surface area contributed by atoms with Gasteiger partial charge in [0.1, 0.15) is 12.4 Å². The van der Waals surface area contributed by atoms with Gasteiger partial charge in [0.15, 0.2) is 6.29 Å². The zero-order valence-corrected chi connectivity index (χ0v) is 17.0. The number of benzene rings is 3. The number of hydrogen-bond donors (Lipinski definition) is 2. The van der Waals surface area contributed by atoms with E-state index in [2.05, 4.69) is 29.6 Å². The van der Waals surface area contributed by atoms with Crippen LogP contribution >= 0.6 is 0 Å². The third-order valence-corrected chi connectivity index (χ3v) is 5.46. The lowest BCUT2D eigenvalue weighted by Gasteiger charge is -2.14. The van der Waals surface area contributed by atoms with Crippen LogP contribution in [0, 0.1) is 0 Å². The van der Waals surface area contributed by atoms with Crippen LogP contribution in [-0.2, 0) is 4.74 Å². The molecule has 0 radical (unpaired) electrons. The molecule has 0 atom stereocenters. The fraction of sp³-hybridized carbons (Fsp3) is 0.154. The molecule has 0 saturated carbocycles. The van der Waals surface area contributed by atoms with E-state index >= 15 is 0 Å². The number of amides is 1. The molecule has 31 heavy (non-hydrogen) atoms. The van der Waals surface area contributed by atoms with Crippen molar-refractivity contribution in [1.29, 1.82) is 0 Å². The van der Waals surface area contributed by atoms with Crippen molar-refractivity contribution in [2.75, 3.05) is 13.2 Å². The van der Waals surface area contributed by atoms with E-state index in [1.54, 1.807) is 18.2 Å². The number of carbonyl (C=O) groups is 2. The number of carbonyl (C=O) groups excluding carboxylic acids is 2. The first-order valence-corrected chi connectivity index (χ1v) is 10.2. The lowest BCUT2D eigenvalue weighted by Crippen LogP contribution is -2.26. The summed E-state index contributed by atoms with van der Waals surface area (Å²) < 4.78 is 5.50. The average Bonchev–Trinajstić information content (AvgIpc) is 3.11. The quantitative estimate of drug-likeness (QED) is 0.415. The second kappa shape index (κ2) is 9.30. The molecule has 1 amide bonds. The summed E-state index contributed by atoms with van der Waals surface area (Å²) in [6, 6.07) is 21.3. The first-order valence-electron chi connectivity index (χ1n) is 10.2. The summed E-state index contributed by atoms with van der Waals surface area (Å²) in [6.45, 7) is 0.685. The second-order valence-electron chi connectivity index (χ2n) is 7.34. The summed E-state index contributed by atoms with van der Waals surface area (Å²) in [5, 5.41) is 12.4. The Balaban J connectivity index is 1.29. The monoisotopic (exact) mass is 413 g/mol. The highest BCUT2D eigenvalue weighted by Crippen LogP contribution is 2.44. The van der Waals surface area contributed by atoms with Gasteiger partial charge >= 0.3 is 6.09 Å². The molecule has 3 aromatic rings. The van der Waals surface area contributed by atoms with Crippen molar-refractivity contribution in [2.45, 2.75) is 12.3 Å². The van der Waals surface area contributed by atoms with E-state index in [0.29, 0.717) is 24.8 Å². The summed E-state index contributed by atoms with van der Waals surface area (Å²) in [5.41, 5.74) is 5.63. The molecule has 0 fully saturated rings. The van der Waals surface area contributed by atoms with E-state index in [-0.39, 0.29) is 23.8 Å². The molecule has 5 nitrogen and oxygen atoms in total. The van der Waals surface area contributed by atoms with Crippen LogP contribution in [0.1, 0.15) is 39.4 Å². The zero-order valence-electron chi connectivity index (χ0n) is 17.0. The number of alkyl carbamates (subject to hydrolysis) is 1. The van der Waals surface area contributed by atoms with Gasteiger partial charge in [0.05, 0.1) is 5.56 Å². The van der Waals surface area contributed by atoms with Crippen molar-refractivity contribution >= 4 is 18.5 Å². The predicted molar refractivity (Wildman–Crippen MR) is 120 cm³/mol. The summed E-state index contributed by atoms with van der Waals surface area (Å²) >= 11 is 0. The molecule has 156 valence electrons. The van der Waals surface area contributed by atoms with Gasteiger partial charge < -0.3 is 15.2 Å². The van der Waals surface area contributed by atoms with Gasteiger partial charge in [0.2, 0.25) is 0 Å². The molecule has 0 bridgehead atoms. The third-order valence-electron chi connectivity index (χ3n) is 5.46. The van der Waals surface area contributed by atoms with Gasteiger partial charge in [0, 0.05) is 12.5 Å². The second-order valence-corrected chi connectivity index (χ2v) is 7.34. The lowest BCUT2D eigenvalue weighted by molar-refractivity contribution is 0.112. The minimum atomic E-state index is -0.457. The van der Waals surface area contributed by atoms with E-state index in [4.69, 9.17) is 4.74 Å². The average molecular weight is 413 g/mol. The van der Waals surface area contributed by atoms with Gasteiger partial charge in [-0.3, -0.25) is 4.79 Å². The number of aromatic hydroxyl groups is 1. The minimum Gasteiger partial charge on any atom is -0.507 e. The maximum absolute atomic E-state index is 12.2. The van der Waals surface area contributed by atoms with Gasteiger partial charge in [-0.2, -0.15) is 0 Å². The van der Waals surface area contributed by atoms with Crippen LogP contribution in [0.3, 0.4) is 0 Å². The number of nitrogens with one attached hydrogen (secondary N) is 1. The molecule has 0 aromatic heterocycles. The Morgan fingerprint density at radius 3 is 2.32 bits per heavy atom. The normalized spacial score (nSPS) is 12.4. The molecule has 0 heterocycles. The number of fused-ring (bicyclic) bond motifs is 3. The maximum Gasteiger partial charge on any atom is 0.407 e. The molecule has 0 aliphatic heterocycles. The number of phenolic OH excluding ortho intramolecular Hbond substituents is 1. The molecule has 3 aromatic carbocycles. The van der Waals surface area contributed by atoms with Crippen LogP contribution in [0.4, 0.5) is 4.79 Å². The topological polar surface area (TPSA) is 75.6 Å². The van der Waals surface area contributed by atoms with Crippen LogP contribution in [0.5, 0.6) is 5.75 Å². The van der Waals surface area contributed by atoms with E-state index in [1.807, 2.05) is 30.3 Å². The van der Waals surface area contributed by atoms with Crippen molar-refractivity contribution < 1.29 is 19.4 Å². The molecule has 0 spiro atoms. The molecule has 2 N–H and O–H groups in total. The fourth-order valence-electron chi connectivity index (χ4n) is 3.96. The smallest absolute Gasteiger partial charge is 0.407 e. The van der Waals surface area contributed by atoms with Crippen LogP contribution in [0.25, 0.3) is 17.2 Å². The highest BCUT2D eigenvalue weighted by atomic mass is 16.5. The Morgan fingerprint density at radius 2 is 1.65 bits per heavy atom. The Labute approximate surface area is 181 Å². The fourth-order valence-corrected chi connectivity index (χ4v) is 3.96. The summed E-state index contributed by atoms with van der Waals surface area (Å²) in [7, 11) is 0. The summed E-state index contributed by atoms with van der Waals surface area (Å²) in [6.07, 6.45) is 4.33. The van der Waals surface area contributed by atoms with Crippen molar-refractivity contribution in [1.82, 2.24) is 5.32 Å². The first kappa shape index (κ1) is 20.4. The lowest BCUT2D eigenvalue weighted by atomic mass is 9.98. The predicted octanol–water partition coefficient (Wildman–Crippen LogP) is 5.15. The van der Waals surface area contributed by atoms with Gasteiger partial charge in [-0.25, -0.2) is 4.79 Å². The van der Waals surface area contributed by atoms with Crippen LogP contribution in [-0.4, -0.2) is 30.6 Å². The van der Waals surface area contributed by atoms with Gasteiger partial charge in [-0.05, 0) is 40.3 Å². The molecule has 1 aliphatic carbocycles. The van der Waals surface area contributed by atoms with E-state index in [9.17, 15) is 14.7 Å². The van der Waals surface area contributed by atoms with Gasteiger partial charge in [0.25, 0.3) is 0 Å². The number of ether oxygens (including phenoxy) is 1. The van der Waals surface area contributed by atoms with Crippen LogP contribution < -0.4 is 5.32 Å².